The molecule has 0 heterocycles. The first-order valence-corrected chi connectivity index (χ1v) is 3.92. The molecule has 3 heteroatoms. The molecule has 1 atom stereocenters. The summed E-state index contributed by atoms with van der Waals surface area (Å²) in [7, 11) is 0. The van der Waals surface area contributed by atoms with Crippen LogP contribution in [-0.2, 0) is 0 Å². The third-order valence-corrected chi connectivity index (χ3v) is 1.94. The Hall–Kier alpha value is -0.600. The summed E-state index contributed by atoms with van der Waals surface area (Å²) in [5.74, 6) is -0.770. The highest BCUT2D eigenvalue weighted by molar-refractivity contribution is 6.30. The van der Waals surface area contributed by atoms with E-state index in [1.807, 2.05) is 0 Å². The molecule has 0 aromatic heterocycles. The van der Waals surface area contributed by atoms with Crippen molar-refractivity contribution in [2.24, 2.45) is 0 Å². The number of hydrogen-bond acceptors (Lipinski definition) is 1. The highest BCUT2D eigenvalue weighted by Crippen LogP contribution is 2.20. The maximum Gasteiger partial charge on any atom is 0.142 e. The molecule has 1 rings (SSSR count). The van der Waals surface area contributed by atoms with Gasteiger partial charge in [-0.3, -0.25) is 0 Å². The van der Waals surface area contributed by atoms with Gasteiger partial charge in [0, 0.05) is 12.5 Å². The fourth-order valence-electron chi connectivity index (χ4n) is 0.872. The third kappa shape index (κ3) is 1.96. The van der Waals surface area contributed by atoms with Crippen LogP contribution in [0.4, 0.5) is 4.39 Å². The Balaban J connectivity index is 2.96. The SMILES string of the molecule is [CH2]C(CO)c1ccc(Cl)c(F)c1. The summed E-state index contributed by atoms with van der Waals surface area (Å²) in [6.45, 7) is 3.54. The normalized spacial score (nSPS) is 13.0. The molecule has 1 radical (unpaired) electrons. The summed E-state index contributed by atoms with van der Waals surface area (Å²) >= 11 is 5.47. The Morgan fingerprint density at radius 1 is 1.58 bits per heavy atom. The molecule has 1 aromatic carbocycles. The van der Waals surface area contributed by atoms with E-state index in [1.54, 1.807) is 6.07 Å². The van der Waals surface area contributed by atoms with Crippen molar-refractivity contribution in [2.45, 2.75) is 5.92 Å². The predicted molar refractivity (Wildman–Crippen MR) is 46.6 cm³/mol. The molecule has 0 spiro atoms. The zero-order chi connectivity index (χ0) is 9.14. The summed E-state index contributed by atoms with van der Waals surface area (Å²) < 4.78 is 12.8. The van der Waals surface area contributed by atoms with Crippen LogP contribution in [0.25, 0.3) is 0 Å². The van der Waals surface area contributed by atoms with E-state index < -0.39 is 5.82 Å². The van der Waals surface area contributed by atoms with Crippen LogP contribution < -0.4 is 0 Å². The lowest BCUT2D eigenvalue weighted by Crippen LogP contribution is -1.99. The molecule has 1 aromatic rings. The number of halogens is 2. The van der Waals surface area contributed by atoms with Gasteiger partial charge in [-0.05, 0) is 24.6 Å². The second kappa shape index (κ2) is 3.87. The molecule has 0 saturated carbocycles. The second-order valence-electron chi connectivity index (χ2n) is 2.55. The van der Waals surface area contributed by atoms with Crippen molar-refractivity contribution < 1.29 is 9.50 Å². The molecule has 1 unspecified atom stereocenters. The van der Waals surface area contributed by atoms with Gasteiger partial charge in [0.2, 0.25) is 0 Å². The molecular formula is C9H9ClFO. The van der Waals surface area contributed by atoms with E-state index in [2.05, 4.69) is 6.92 Å². The van der Waals surface area contributed by atoms with Crippen molar-refractivity contribution in [1.29, 1.82) is 0 Å². The van der Waals surface area contributed by atoms with E-state index >= 15 is 0 Å². The van der Waals surface area contributed by atoms with Gasteiger partial charge in [-0.1, -0.05) is 17.7 Å². The zero-order valence-corrected chi connectivity index (χ0v) is 7.18. The van der Waals surface area contributed by atoms with Gasteiger partial charge in [-0.25, -0.2) is 4.39 Å². The number of benzene rings is 1. The predicted octanol–water partition coefficient (Wildman–Crippen LogP) is 2.39. The van der Waals surface area contributed by atoms with Crippen molar-refractivity contribution in [3.63, 3.8) is 0 Å². The molecule has 12 heavy (non-hydrogen) atoms. The van der Waals surface area contributed by atoms with Crippen molar-refractivity contribution in [3.05, 3.63) is 41.5 Å². The quantitative estimate of drug-likeness (QED) is 0.754. The lowest BCUT2D eigenvalue weighted by atomic mass is 10.0. The fraction of sp³-hybridized carbons (Fsp3) is 0.222. The van der Waals surface area contributed by atoms with Gasteiger partial charge in [0.15, 0.2) is 0 Å². The minimum absolute atomic E-state index is 0.0869. The monoisotopic (exact) mass is 187 g/mol. The van der Waals surface area contributed by atoms with Crippen molar-refractivity contribution in [3.8, 4) is 0 Å². The topological polar surface area (TPSA) is 20.2 Å². The maximum atomic E-state index is 12.8. The van der Waals surface area contributed by atoms with E-state index in [9.17, 15) is 4.39 Å². The van der Waals surface area contributed by atoms with E-state index in [0.29, 0.717) is 5.56 Å². The van der Waals surface area contributed by atoms with Crippen molar-refractivity contribution >= 4 is 11.6 Å². The number of rotatable bonds is 2. The van der Waals surface area contributed by atoms with Gasteiger partial charge >= 0.3 is 0 Å². The molecule has 0 amide bonds. The van der Waals surface area contributed by atoms with Crippen LogP contribution in [0.3, 0.4) is 0 Å². The zero-order valence-electron chi connectivity index (χ0n) is 6.43. The summed E-state index contributed by atoms with van der Waals surface area (Å²) in [6, 6.07) is 4.40. The minimum Gasteiger partial charge on any atom is -0.396 e. The van der Waals surface area contributed by atoms with Crippen LogP contribution in [0.15, 0.2) is 18.2 Å². The maximum absolute atomic E-state index is 12.8. The summed E-state index contributed by atoms with van der Waals surface area (Å²) in [4.78, 5) is 0. The van der Waals surface area contributed by atoms with Gasteiger partial charge < -0.3 is 5.11 Å². The molecule has 1 nitrogen and oxygen atoms in total. The van der Waals surface area contributed by atoms with Crippen LogP contribution in [0, 0.1) is 12.7 Å². The standard InChI is InChI=1S/C9H9ClFO/c1-6(5-12)7-2-3-8(10)9(11)4-7/h2-4,6,12H,1,5H2. The molecule has 1 N–H and O–H groups in total. The van der Waals surface area contributed by atoms with Crippen molar-refractivity contribution in [2.75, 3.05) is 6.61 Å². The van der Waals surface area contributed by atoms with E-state index in [-0.39, 0.29) is 17.5 Å². The van der Waals surface area contributed by atoms with Crippen LogP contribution in [0.2, 0.25) is 5.02 Å². The average molecular weight is 188 g/mol. The fourth-order valence-corrected chi connectivity index (χ4v) is 0.989. The molecule has 65 valence electrons. The third-order valence-electron chi connectivity index (χ3n) is 1.64. The first kappa shape index (κ1) is 9.49. The van der Waals surface area contributed by atoms with Gasteiger partial charge in [0.1, 0.15) is 5.82 Å². The number of hydrogen-bond donors (Lipinski definition) is 1. The summed E-state index contributed by atoms with van der Waals surface area (Å²) in [6.07, 6.45) is 0. The Kier molecular flexibility index (Phi) is 3.06. The Bertz CT molecular complexity index is 275. The molecule has 0 aliphatic heterocycles. The summed E-state index contributed by atoms with van der Waals surface area (Å²) in [5, 5.41) is 8.82. The largest absolute Gasteiger partial charge is 0.396 e. The molecule has 0 aliphatic rings. The van der Waals surface area contributed by atoms with E-state index in [4.69, 9.17) is 16.7 Å². The molecule has 0 fully saturated rings. The first-order chi connectivity index (χ1) is 5.65. The van der Waals surface area contributed by atoms with Gasteiger partial charge in [-0.15, -0.1) is 0 Å². The smallest absolute Gasteiger partial charge is 0.142 e. The van der Waals surface area contributed by atoms with E-state index in [1.165, 1.54) is 12.1 Å². The lowest BCUT2D eigenvalue weighted by molar-refractivity contribution is 0.282. The lowest BCUT2D eigenvalue weighted by Gasteiger charge is -2.07. The number of aliphatic hydroxyl groups excluding tert-OH is 1. The number of aliphatic hydroxyl groups is 1. The second-order valence-corrected chi connectivity index (χ2v) is 2.96. The van der Waals surface area contributed by atoms with Crippen molar-refractivity contribution in [1.82, 2.24) is 0 Å². The molecule has 0 bridgehead atoms. The van der Waals surface area contributed by atoms with Gasteiger partial charge in [0.25, 0.3) is 0 Å². The highest BCUT2D eigenvalue weighted by atomic mass is 35.5. The van der Waals surface area contributed by atoms with Crippen LogP contribution in [0.5, 0.6) is 0 Å². The van der Waals surface area contributed by atoms with Crippen LogP contribution >= 0.6 is 11.6 Å². The minimum atomic E-state index is -0.476. The van der Waals surface area contributed by atoms with Gasteiger partial charge in [0.05, 0.1) is 5.02 Å². The highest BCUT2D eigenvalue weighted by Gasteiger charge is 2.06. The van der Waals surface area contributed by atoms with E-state index in [0.717, 1.165) is 0 Å². The Labute approximate surface area is 75.8 Å². The Morgan fingerprint density at radius 3 is 2.75 bits per heavy atom. The van der Waals surface area contributed by atoms with Gasteiger partial charge in [-0.2, -0.15) is 0 Å². The molecule has 0 aliphatic carbocycles. The van der Waals surface area contributed by atoms with Crippen LogP contribution in [-0.4, -0.2) is 11.7 Å². The molecule has 0 saturated heterocycles. The van der Waals surface area contributed by atoms with Crippen LogP contribution in [0.1, 0.15) is 11.5 Å². The Morgan fingerprint density at radius 2 is 2.25 bits per heavy atom. The molecular weight excluding hydrogens is 179 g/mol. The first-order valence-electron chi connectivity index (χ1n) is 3.54. The summed E-state index contributed by atoms with van der Waals surface area (Å²) in [5.41, 5.74) is 0.652. The average Bonchev–Trinajstić information content (AvgIpc) is 2.08.